The second-order valence-electron chi connectivity index (χ2n) is 4.42. The van der Waals surface area contributed by atoms with E-state index in [1.165, 1.54) is 0 Å². The standard InChI is InChI=1S/C13H18N2O2/c1-9-8-10(5-6-11(9)14)15-13(16)12-4-2-3-7-17-12/h5-6,8,12H,2-4,7,14H2,1H3,(H,15,16). The molecule has 0 saturated carbocycles. The Bertz CT molecular complexity index is 412. The van der Waals surface area contributed by atoms with Gasteiger partial charge in [-0.2, -0.15) is 0 Å². The lowest BCUT2D eigenvalue weighted by atomic mass is 10.1. The molecule has 1 aliphatic rings. The summed E-state index contributed by atoms with van der Waals surface area (Å²) < 4.78 is 5.43. The normalized spacial score (nSPS) is 19.9. The van der Waals surface area contributed by atoms with E-state index in [9.17, 15) is 4.79 Å². The van der Waals surface area contributed by atoms with E-state index in [1.807, 2.05) is 19.1 Å². The van der Waals surface area contributed by atoms with E-state index in [1.54, 1.807) is 6.07 Å². The molecule has 4 nitrogen and oxygen atoms in total. The van der Waals surface area contributed by atoms with Crippen molar-refractivity contribution in [3.05, 3.63) is 23.8 Å². The van der Waals surface area contributed by atoms with Crippen LogP contribution in [0.5, 0.6) is 0 Å². The van der Waals surface area contributed by atoms with Crippen molar-refractivity contribution in [2.45, 2.75) is 32.3 Å². The molecule has 1 unspecified atom stereocenters. The molecule has 1 heterocycles. The average molecular weight is 234 g/mol. The molecule has 1 aliphatic heterocycles. The zero-order chi connectivity index (χ0) is 12.3. The maximum atomic E-state index is 11.9. The minimum Gasteiger partial charge on any atom is -0.399 e. The molecule has 1 fully saturated rings. The van der Waals surface area contributed by atoms with Gasteiger partial charge in [0.25, 0.3) is 5.91 Å². The van der Waals surface area contributed by atoms with Gasteiger partial charge in [0.2, 0.25) is 0 Å². The first-order valence-electron chi connectivity index (χ1n) is 5.95. The number of amides is 1. The summed E-state index contributed by atoms with van der Waals surface area (Å²) in [7, 11) is 0. The van der Waals surface area contributed by atoms with Crippen LogP contribution in [-0.4, -0.2) is 18.6 Å². The number of aryl methyl sites for hydroxylation is 1. The van der Waals surface area contributed by atoms with Gasteiger partial charge in [0.05, 0.1) is 0 Å². The fraction of sp³-hybridized carbons (Fsp3) is 0.462. The number of carbonyl (C=O) groups excluding carboxylic acids is 1. The monoisotopic (exact) mass is 234 g/mol. The van der Waals surface area contributed by atoms with Crippen LogP contribution in [0.1, 0.15) is 24.8 Å². The smallest absolute Gasteiger partial charge is 0.253 e. The minimum atomic E-state index is -0.304. The van der Waals surface area contributed by atoms with Gasteiger partial charge in [0.15, 0.2) is 0 Å². The molecule has 1 aromatic rings. The SMILES string of the molecule is Cc1cc(NC(=O)C2CCCCO2)ccc1N. The number of nitrogens with two attached hydrogens (primary N) is 1. The summed E-state index contributed by atoms with van der Waals surface area (Å²) in [6.07, 6.45) is 2.60. The van der Waals surface area contributed by atoms with Crippen molar-refractivity contribution in [2.75, 3.05) is 17.7 Å². The summed E-state index contributed by atoms with van der Waals surface area (Å²) in [5, 5.41) is 2.86. The lowest BCUT2D eigenvalue weighted by Crippen LogP contribution is -2.33. The molecule has 1 aromatic carbocycles. The molecule has 1 saturated heterocycles. The van der Waals surface area contributed by atoms with Gasteiger partial charge in [0.1, 0.15) is 6.10 Å². The van der Waals surface area contributed by atoms with Crippen molar-refractivity contribution < 1.29 is 9.53 Å². The van der Waals surface area contributed by atoms with Crippen LogP contribution in [-0.2, 0) is 9.53 Å². The van der Waals surface area contributed by atoms with Gasteiger partial charge in [0, 0.05) is 18.0 Å². The van der Waals surface area contributed by atoms with Gasteiger partial charge >= 0.3 is 0 Å². The van der Waals surface area contributed by atoms with Crippen molar-refractivity contribution in [1.82, 2.24) is 0 Å². The number of ether oxygens (including phenoxy) is 1. The number of hydrogen-bond donors (Lipinski definition) is 2. The van der Waals surface area contributed by atoms with E-state index >= 15 is 0 Å². The largest absolute Gasteiger partial charge is 0.399 e. The molecule has 2 rings (SSSR count). The molecule has 1 atom stereocenters. The topological polar surface area (TPSA) is 64.3 Å². The molecule has 0 bridgehead atoms. The van der Waals surface area contributed by atoms with Crippen molar-refractivity contribution in [3.63, 3.8) is 0 Å². The Morgan fingerprint density at radius 1 is 1.47 bits per heavy atom. The lowest BCUT2D eigenvalue weighted by molar-refractivity contribution is -0.129. The molecule has 1 amide bonds. The number of nitrogen functional groups attached to an aromatic ring is 1. The van der Waals surface area contributed by atoms with Crippen LogP contribution >= 0.6 is 0 Å². The summed E-state index contributed by atoms with van der Waals surface area (Å²) in [6, 6.07) is 5.48. The number of rotatable bonds is 2. The molecule has 4 heteroatoms. The van der Waals surface area contributed by atoms with Crippen LogP contribution in [0.15, 0.2) is 18.2 Å². The van der Waals surface area contributed by atoms with E-state index in [2.05, 4.69) is 5.32 Å². The van der Waals surface area contributed by atoms with E-state index < -0.39 is 0 Å². The molecule has 0 aliphatic carbocycles. The number of carbonyl (C=O) groups is 1. The second-order valence-corrected chi connectivity index (χ2v) is 4.42. The Morgan fingerprint density at radius 3 is 2.94 bits per heavy atom. The summed E-state index contributed by atoms with van der Waals surface area (Å²) in [4.78, 5) is 11.9. The van der Waals surface area contributed by atoms with Crippen LogP contribution in [0.25, 0.3) is 0 Å². The van der Waals surface area contributed by atoms with E-state index in [0.29, 0.717) is 6.61 Å². The Kier molecular flexibility index (Phi) is 3.64. The zero-order valence-corrected chi connectivity index (χ0v) is 10.0. The van der Waals surface area contributed by atoms with Crippen molar-refractivity contribution >= 4 is 17.3 Å². The maximum Gasteiger partial charge on any atom is 0.253 e. The highest BCUT2D eigenvalue weighted by Crippen LogP contribution is 2.19. The summed E-state index contributed by atoms with van der Waals surface area (Å²) in [5.41, 5.74) is 8.20. The third kappa shape index (κ3) is 2.97. The number of hydrogen-bond acceptors (Lipinski definition) is 3. The first-order chi connectivity index (χ1) is 8.16. The number of anilines is 2. The summed E-state index contributed by atoms with van der Waals surface area (Å²) in [6.45, 7) is 2.60. The van der Waals surface area contributed by atoms with E-state index in [4.69, 9.17) is 10.5 Å². The number of nitrogens with one attached hydrogen (secondary N) is 1. The molecule has 17 heavy (non-hydrogen) atoms. The molecular formula is C13H18N2O2. The van der Waals surface area contributed by atoms with Crippen molar-refractivity contribution in [3.8, 4) is 0 Å². The molecule has 0 aromatic heterocycles. The van der Waals surface area contributed by atoms with E-state index in [-0.39, 0.29) is 12.0 Å². The second kappa shape index (κ2) is 5.19. The van der Waals surface area contributed by atoms with E-state index in [0.717, 1.165) is 36.2 Å². The highest BCUT2D eigenvalue weighted by atomic mass is 16.5. The first kappa shape index (κ1) is 11.9. The number of benzene rings is 1. The predicted octanol–water partition coefficient (Wildman–Crippen LogP) is 2.08. The van der Waals surface area contributed by atoms with Crippen LogP contribution in [0.3, 0.4) is 0 Å². The third-order valence-corrected chi connectivity index (χ3v) is 3.01. The highest BCUT2D eigenvalue weighted by molar-refractivity contribution is 5.94. The lowest BCUT2D eigenvalue weighted by Gasteiger charge is -2.21. The Hall–Kier alpha value is -1.55. The van der Waals surface area contributed by atoms with Crippen molar-refractivity contribution in [2.24, 2.45) is 0 Å². The summed E-state index contributed by atoms with van der Waals surface area (Å²) in [5.74, 6) is -0.0612. The maximum absolute atomic E-state index is 11.9. The molecule has 3 N–H and O–H groups in total. The van der Waals surface area contributed by atoms with Gasteiger partial charge in [-0.05, 0) is 49.9 Å². The zero-order valence-electron chi connectivity index (χ0n) is 10.0. The van der Waals surface area contributed by atoms with Crippen LogP contribution < -0.4 is 11.1 Å². The molecule has 0 radical (unpaired) electrons. The van der Waals surface area contributed by atoms with Gasteiger partial charge in [-0.25, -0.2) is 0 Å². The molecule has 0 spiro atoms. The van der Waals surface area contributed by atoms with Crippen molar-refractivity contribution in [1.29, 1.82) is 0 Å². The molecule has 92 valence electrons. The third-order valence-electron chi connectivity index (χ3n) is 3.01. The minimum absolute atomic E-state index is 0.0612. The Morgan fingerprint density at radius 2 is 2.29 bits per heavy atom. The Labute approximate surface area is 101 Å². The van der Waals surface area contributed by atoms with Gasteiger partial charge < -0.3 is 15.8 Å². The first-order valence-corrected chi connectivity index (χ1v) is 5.95. The van der Waals surface area contributed by atoms with Crippen LogP contribution in [0, 0.1) is 6.92 Å². The highest BCUT2D eigenvalue weighted by Gasteiger charge is 2.21. The average Bonchev–Trinajstić information content (AvgIpc) is 2.35. The van der Waals surface area contributed by atoms with Gasteiger partial charge in [-0.15, -0.1) is 0 Å². The summed E-state index contributed by atoms with van der Waals surface area (Å²) >= 11 is 0. The van der Waals surface area contributed by atoms with Gasteiger partial charge in [-0.1, -0.05) is 0 Å². The quantitative estimate of drug-likeness (QED) is 0.770. The Balaban J connectivity index is 1.99. The van der Waals surface area contributed by atoms with Crippen LogP contribution in [0.2, 0.25) is 0 Å². The predicted molar refractivity (Wildman–Crippen MR) is 67.8 cm³/mol. The van der Waals surface area contributed by atoms with Crippen LogP contribution in [0.4, 0.5) is 11.4 Å². The van der Waals surface area contributed by atoms with Gasteiger partial charge in [-0.3, -0.25) is 4.79 Å². The fourth-order valence-electron chi connectivity index (χ4n) is 1.92. The fourth-order valence-corrected chi connectivity index (χ4v) is 1.92. The molecular weight excluding hydrogens is 216 g/mol.